The molecular formula is C4H5N3O4S. The molecule has 66 valence electrons. The minimum absolute atomic E-state index is 0.0338. The first kappa shape index (κ1) is 8.68. The number of hydrogen-bond donors (Lipinski definition) is 2. The van der Waals surface area contributed by atoms with Gasteiger partial charge in [0.2, 0.25) is 0 Å². The Morgan fingerprint density at radius 3 is 2.92 bits per heavy atom. The zero-order valence-corrected chi connectivity index (χ0v) is 6.54. The van der Waals surface area contributed by atoms with Crippen LogP contribution in [-0.2, 0) is 19.7 Å². The molecule has 0 saturated heterocycles. The van der Waals surface area contributed by atoms with Gasteiger partial charge in [-0.3, -0.25) is 9.89 Å². The third kappa shape index (κ3) is 1.80. The maximum Gasteiger partial charge on any atom is 0.314 e. The molecule has 1 heterocycles. The number of carbonyl (C=O) groups is 1. The van der Waals surface area contributed by atoms with Gasteiger partial charge in [-0.05, 0) is 11.0 Å². The van der Waals surface area contributed by atoms with Gasteiger partial charge in [-0.15, -0.1) is 0 Å². The van der Waals surface area contributed by atoms with E-state index in [9.17, 15) is 13.2 Å². The SMILES string of the molecule is O=CONS(=O)(=O)c1ccn[nH]1. The molecule has 8 heteroatoms. The Labute approximate surface area is 67.7 Å². The van der Waals surface area contributed by atoms with Crippen molar-refractivity contribution in [3.05, 3.63) is 12.3 Å². The van der Waals surface area contributed by atoms with Gasteiger partial charge in [0.1, 0.15) is 0 Å². The lowest BCUT2D eigenvalue weighted by Crippen LogP contribution is -2.23. The third-order valence-electron chi connectivity index (χ3n) is 0.971. The molecule has 0 spiro atoms. The summed E-state index contributed by atoms with van der Waals surface area (Å²) in [4.78, 5) is 15.0. The van der Waals surface area contributed by atoms with Gasteiger partial charge in [0.25, 0.3) is 10.0 Å². The molecule has 0 aliphatic carbocycles. The molecule has 1 aromatic heterocycles. The smallest absolute Gasteiger partial charge is 0.314 e. The number of nitrogens with one attached hydrogen (secondary N) is 2. The summed E-state index contributed by atoms with van der Waals surface area (Å²) in [5, 5.41) is 5.42. The van der Waals surface area contributed by atoms with Gasteiger partial charge in [0.05, 0.1) is 6.20 Å². The van der Waals surface area contributed by atoms with Crippen LogP contribution >= 0.6 is 0 Å². The van der Waals surface area contributed by atoms with Crippen molar-refractivity contribution >= 4 is 16.5 Å². The van der Waals surface area contributed by atoms with Crippen LogP contribution < -0.4 is 4.89 Å². The molecule has 0 aliphatic heterocycles. The summed E-state index contributed by atoms with van der Waals surface area (Å²) >= 11 is 0. The van der Waals surface area contributed by atoms with E-state index in [1.165, 1.54) is 12.3 Å². The fourth-order valence-corrected chi connectivity index (χ4v) is 1.19. The average Bonchev–Trinajstić information content (AvgIpc) is 2.53. The average molecular weight is 191 g/mol. The molecule has 0 radical (unpaired) electrons. The van der Waals surface area contributed by atoms with Crippen LogP contribution in [0.3, 0.4) is 0 Å². The molecule has 7 nitrogen and oxygen atoms in total. The molecular weight excluding hydrogens is 186 g/mol. The summed E-state index contributed by atoms with van der Waals surface area (Å²) in [6, 6.07) is 1.22. The highest BCUT2D eigenvalue weighted by atomic mass is 32.2. The number of hydrogen-bond acceptors (Lipinski definition) is 5. The highest BCUT2D eigenvalue weighted by Crippen LogP contribution is 2.00. The van der Waals surface area contributed by atoms with Crippen LogP contribution in [0.15, 0.2) is 17.3 Å². The van der Waals surface area contributed by atoms with Gasteiger partial charge in [-0.25, -0.2) is 8.42 Å². The quantitative estimate of drug-likeness (QED) is 0.458. The van der Waals surface area contributed by atoms with E-state index < -0.39 is 10.0 Å². The molecule has 0 amide bonds. The molecule has 0 fully saturated rings. The molecule has 0 aromatic carbocycles. The van der Waals surface area contributed by atoms with Crippen LogP contribution in [-0.4, -0.2) is 25.1 Å². The first-order chi connectivity index (χ1) is 5.67. The molecule has 2 N–H and O–H groups in total. The highest BCUT2D eigenvalue weighted by molar-refractivity contribution is 7.89. The number of sulfonamides is 1. The van der Waals surface area contributed by atoms with Crippen LogP contribution in [0, 0.1) is 0 Å². The monoisotopic (exact) mass is 191 g/mol. The van der Waals surface area contributed by atoms with Gasteiger partial charge in [-0.2, -0.15) is 5.10 Å². The van der Waals surface area contributed by atoms with E-state index >= 15 is 0 Å². The Bertz CT molecular complexity index is 342. The molecule has 12 heavy (non-hydrogen) atoms. The van der Waals surface area contributed by atoms with Crippen LogP contribution in [0.25, 0.3) is 0 Å². The third-order valence-corrected chi connectivity index (χ3v) is 2.09. The van der Waals surface area contributed by atoms with Gasteiger partial charge in [-0.1, -0.05) is 0 Å². The van der Waals surface area contributed by atoms with E-state index in [0.717, 1.165) is 0 Å². The van der Waals surface area contributed by atoms with E-state index in [-0.39, 0.29) is 11.5 Å². The number of aromatic nitrogens is 2. The van der Waals surface area contributed by atoms with E-state index in [1.807, 2.05) is 0 Å². The van der Waals surface area contributed by atoms with Crippen LogP contribution in [0.4, 0.5) is 0 Å². The number of aromatic amines is 1. The van der Waals surface area contributed by atoms with Crippen molar-refractivity contribution < 1.29 is 18.0 Å². The topological polar surface area (TPSA) is 101 Å². The van der Waals surface area contributed by atoms with Gasteiger partial charge in [0.15, 0.2) is 5.03 Å². The summed E-state index contributed by atoms with van der Waals surface area (Å²) in [5.74, 6) is 0. The van der Waals surface area contributed by atoms with Crippen molar-refractivity contribution in [3.63, 3.8) is 0 Å². The van der Waals surface area contributed by atoms with Crippen molar-refractivity contribution in [1.29, 1.82) is 0 Å². The lowest BCUT2D eigenvalue weighted by atomic mass is 10.8. The van der Waals surface area contributed by atoms with Crippen LogP contribution in [0.1, 0.15) is 0 Å². The summed E-state index contributed by atoms with van der Waals surface area (Å²) in [6.45, 7) is -0.0338. The maximum absolute atomic E-state index is 11.0. The van der Waals surface area contributed by atoms with E-state index in [2.05, 4.69) is 15.0 Å². The van der Waals surface area contributed by atoms with Crippen LogP contribution in [0.2, 0.25) is 0 Å². The van der Waals surface area contributed by atoms with Gasteiger partial charge >= 0.3 is 6.47 Å². The lowest BCUT2D eigenvalue weighted by molar-refractivity contribution is -0.131. The first-order valence-corrected chi connectivity index (χ1v) is 4.25. The Morgan fingerprint density at radius 2 is 2.42 bits per heavy atom. The Balaban J connectivity index is 2.80. The standard InChI is InChI=1S/C4H5N3O4S/c8-3-11-7-12(9,10)4-1-2-5-6-4/h1-3,7H,(H,5,6). The molecule has 0 aliphatic rings. The minimum atomic E-state index is -3.80. The molecule has 1 aromatic rings. The highest BCUT2D eigenvalue weighted by Gasteiger charge is 2.14. The van der Waals surface area contributed by atoms with Gasteiger partial charge in [0, 0.05) is 0 Å². The van der Waals surface area contributed by atoms with E-state index in [1.54, 1.807) is 4.89 Å². The second-order valence-electron chi connectivity index (χ2n) is 1.72. The zero-order chi connectivity index (χ0) is 9.03. The Hall–Kier alpha value is -1.41. The predicted molar refractivity (Wildman–Crippen MR) is 36.1 cm³/mol. The summed E-state index contributed by atoms with van der Waals surface area (Å²) in [6.07, 6.45) is 1.26. The number of carbonyl (C=O) groups excluding carboxylic acids is 1. The summed E-state index contributed by atoms with van der Waals surface area (Å²) in [5.41, 5.74) is 0. The van der Waals surface area contributed by atoms with Crippen molar-refractivity contribution in [1.82, 2.24) is 15.1 Å². The van der Waals surface area contributed by atoms with Gasteiger partial charge < -0.3 is 4.84 Å². The molecule has 0 atom stereocenters. The second-order valence-corrected chi connectivity index (χ2v) is 3.34. The fourth-order valence-electron chi connectivity index (χ4n) is 0.521. The first-order valence-electron chi connectivity index (χ1n) is 2.77. The van der Waals surface area contributed by atoms with Crippen LogP contribution in [0.5, 0.6) is 0 Å². The maximum atomic E-state index is 11.0. The molecule has 0 unspecified atom stereocenters. The fraction of sp³-hybridized carbons (Fsp3) is 0. The molecule has 1 rings (SSSR count). The summed E-state index contributed by atoms with van der Waals surface area (Å²) in [7, 11) is -3.80. The summed E-state index contributed by atoms with van der Waals surface area (Å²) < 4.78 is 22.0. The second kappa shape index (κ2) is 3.32. The molecule has 0 saturated carbocycles. The van der Waals surface area contributed by atoms with E-state index in [4.69, 9.17) is 0 Å². The van der Waals surface area contributed by atoms with E-state index in [0.29, 0.717) is 0 Å². The Kier molecular flexibility index (Phi) is 2.41. The Morgan fingerprint density at radius 1 is 1.67 bits per heavy atom. The predicted octanol–water partition coefficient (Wildman–Crippen LogP) is -1.22. The van der Waals surface area contributed by atoms with Crippen molar-refractivity contribution in [3.8, 4) is 0 Å². The minimum Gasteiger partial charge on any atom is -0.358 e. The normalized spacial score (nSPS) is 11.0. The number of nitrogens with zero attached hydrogens (tertiary/aromatic N) is 1. The number of rotatable bonds is 4. The lowest BCUT2D eigenvalue weighted by Gasteiger charge is -1.98. The van der Waals surface area contributed by atoms with Crippen molar-refractivity contribution in [2.24, 2.45) is 0 Å². The zero-order valence-electron chi connectivity index (χ0n) is 5.72. The van der Waals surface area contributed by atoms with Crippen molar-refractivity contribution in [2.75, 3.05) is 0 Å². The van der Waals surface area contributed by atoms with Crippen molar-refractivity contribution in [2.45, 2.75) is 5.03 Å². The largest absolute Gasteiger partial charge is 0.358 e. The molecule has 0 bridgehead atoms. The number of H-pyrrole nitrogens is 1.